The number of amides is 1. The van der Waals surface area contributed by atoms with Crippen molar-refractivity contribution in [3.8, 4) is 0 Å². The maximum atomic E-state index is 11.7. The van der Waals surface area contributed by atoms with Crippen molar-refractivity contribution in [1.29, 1.82) is 0 Å². The first-order chi connectivity index (χ1) is 6.50. The molecule has 0 saturated carbocycles. The molecule has 0 aliphatic rings. The van der Waals surface area contributed by atoms with Crippen molar-refractivity contribution in [1.82, 2.24) is 5.32 Å². The van der Waals surface area contributed by atoms with E-state index in [4.69, 9.17) is 0 Å². The molecule has 0 spiro atoms. The third-order valence-electron chi connectivity index (χ3n) is 1.59. The predicted octanol–water partition coefficient (Wildman–Crippen LogP) is 3.35. The van der Waals surface area contributed by atoms with E-state index in [1.807, 2.05) is 26.0 Å². The molecule has 2 nitrogen and oxygen atoms in total. The van der Waals surface area contributed by atoms with Crippen molar-refractivity contribution >= 4 is 37.8 Å². The summed E-state index contributed by atoms with van der Waals surface area (Å²) < 4.78 is 1.70. The summed E-state index contributed by atoms with van der Waals surface area (Å²) in [7, 11) is 0. The van der Waals surface area contributed by atoms with Gasteiger partial charge in [-0.05, 0) is 48.0 Å². The third kappa shape index (κ3) is 3.10. The van der Waals surface area contributed by atoms with E-state index in [0.29, 0.717) is 5.56 Å². The lowest BCUT2D eigenvalue weighted by molar-refractivity contribution is 0.0942. The molecule has 0 aromatic heterocycles. The molecular weight excluding hydrogens is 310 g/mol. The monoisotopic (exact) mass is 319 g/mol. The summed E-state index contributed by atoms with van der Waals surface area (Å²) in [6.45, 7) is 3.87. The smallest absolute Gasteiger partial charge is 0.252 e. The van der Waals surface area contributed by atoms with E-state index in [-0.39, 0.29) is 11.9 Å². The Labute approximate surface area is 100 Å². The number of rotatable bonds is 2. The van der Waals surface area contributed by atoms with Crippen LogP contribution in [0.1, 0.15) is 24.2 Å². The molecule has 0 bridgehead atoms. The van der Waals surface area contributed by atoms with Crippen molar-refractivity contribution in [3.05, 3.63) is 32.7 Å². The second-order valence-corrected chi connectivity index (χ2v) is 5.02. The van der Waals surface area contributed by atoms with Crippen LogP contribution >= 0.6 is 31.9 Å². The van der Waals surface area contributed by atoms with Gasteiger partial charge in [0.05, 0.1) is 5.56 Å². The van der Waals surface area contributed by atoms with Crippen LogP contribution in [0.4, 0.5) is 0 Å². The van der Waals surface area contributed by atoms with Crippen LogP contribution in [-0.2, 0) is 0 Å². The number of hydrogen-bond donors (Lipinski definition) is 1. The molecular formula is C10H11Br2NO. The second kappa shape index (κ2) is 4.94. The highest BCUT2D eigenvalue weighted by molar-refractivity contribution is 9.11. The minimum absolute atomic E-state index is 0.0619. The first kappa shape index (κ1) is 11.7. The van der Waals surface area contributed by atoms with Gasteiger partial charge in [-0.15, -0.1) is 0 Å². The largest absolute Gasteiger partial charge is 0.350 e. The van der Waals surface area contributed by atoms with Crippen LogP contribution in [-0.4, -0.2) is 11.9 Å². The molecule has 1 amide bonds. The Morgan fingerprint density at radius 3 is 2.57 bits per heavy atom. The molecule has 0 unspecified atom stereocenters. The summed E-state index contributed by atoms with van der Waals surface area (Å²) in [5.74, 6) is -0.0619. The minimum atomic E-state index is -0.0619. The highest BCUT2D eigenvalue weighted by Crippen LogP contribution is 2.21. The van der Waals surface area contributed by atoms with Crippen molar-refractivity contribution in [2.24, 2.45) is 0 Å². The van der Waals surface area contributed by atoms with Crippen LogP contribution in [0.15, 0.2) is 27.1 Å². The van der Waals surface area contributed by atoms with Gasteiger partial charge in [-0.25, -0.2) is 0 Å². The molecule has 0 atom stereocenters. The van der Waals surface area contributed by atoms with E-state index >= 15 is 0 Å². The van der Waals surface area contributed by atoms with Crippen LogP contribution in [0.5, 0.6) is 0 Å². The average Bonchev–Trinajstić information content (AvgIpc) is 2.08. The summed E-state index contributed by atoms with van der Waals surface area (Å²) in [5, 5.41) is 2.84. The molecule has 14 heavy (non-hydrogen) atoms. The van der Waals surface area contributed by atoms with Gasteiger partial charge >= 0.3 is 0 Å². The first-order valence-electron chi connectivity index (χ1n) is 4.26. The second-order valence-electron chi connectivity index (χ2n) is 3.25. The average molecular weight is 321 g/mol. The number of halogens is 2. The summed E-state index contributed by atoms with van der Waals surface area (Å²) in [6.07, 6.45) is 0. The molecule has 4 heteroatoms. The number of carbonyl (C=O) groups is 1. The molecule has 0 radical (unpaired) electrons. The highest BCUT2D eigenvalue weighted by Gasteiger charge is 2.10. The first-order valence-corrected chi connectivity index (χ1v) is 5.85. The zero-order valence-corrected chi connectivity index (χ0v) is 11.1. The standard InChI is InChI=1S/C10H11Br2NO/c1-6(2)13-10(14)8-5-7(11)3-4-9(8)12/h3-6H,1-2H3,(H,13,14). The molecule has 0 fully saturated rings. The fraction of sp³-hybridized carbons (Fsp3) is 0.300. The molecule has 0 aliphatic carbocycles. The van der Waals surface area contributed by atoms with Gasteiger partial charge in [0.15, 0.2) is 0 Å². The Kier molecular flexibility index (Phi) is 4.13. The lowest BCUT2D eigenvalue weighted by Crippen LogP contribution is -2.30. The van der Waals surface area contributed by atoms with Gasteiger partial charge in [-0.1, -0.05) is 15.9 Å². The number of benzene rings is 1. The SMILES string of the molecule is CC(C)NC(=O)c1cc(Br)ccc1Br. The van der Waals surface area contributed by atoms with Crippen LogP contribution in [0, 0.1) is 0 Å². The van der Waals surface area contributed by atoms with Gasteiger partial charge in [0.25, 0.3) is 5.91 Å². The molecule has 1 rings (SSSR count). The predicted molar refractivity (Wildman–Crippen MR) is 64.4 cm³/mol. The molecule has 0 heterocycles. The Bertz CT molecular complexity index is 350. The highest BCUT2D eigenvalue weighted by atomic mass is 79.9. The van der Waals surface area contributed by atoms with Crippen LogP contribution in [0.3, 0.4) is 0 Å². The van der Waals surface area contributed by atoms with Crippen LogP contribution < -0.4 is 5.32 Å². The lowest BCUT2D eigenvalue weighted by atomic mass is 10.2. The summed E-state index contributed by atoms with van der Waals surface area (Å²) in [6, 6.07) is 5.67. The van der Waals surface area contributed by atoms with Gasteiger partial charge < -0.3 is 5.32 Å². The molecule has 1 N–H and O–H groups in total. The van der Waals surface area contributed by atoms with Gasteiger partial charge in [0, 0.05) is 15.0 Å². The van der Waals surface area contributed by atoms with Crippen molar-refractivity contribution < 1.29 is 4.79 Å². The molecule has 0 saturated heterocycles. The van der Waals surface area contributed by atoms with E-state index < -0.39 is 0 Å². The number of carbonyl (C=O) groups excluding carboxylic acids is 1. The zero-order valence-electron chi connectivity index (χ0n) is 7.97. The molecule has 0 aliphatic heterocycles. The lowest BCUT2D eigenvalue weighted by Gasteiger charge is -2.09. The molecule has 1 aromatic carbocycles. The molecule has 1 aromatic rings. The Morgan fingerprint density at radius 1 is 1.36 bits per heavy atom. The van der Waals surface area contributed by atoms with Crippen molar-refractivity contribution in [2.45, 2.75) is 19.9 Å². The van der Waals surface area contributed by atoms with Crippen LogP contribution in [0.25, 0.3) is 0 Å². The van der Waals surface area contributed by atoms with E-state index in [0.717, 1.165) is 8.95 Å². The van der Waals surface area contributed by atoms with Crippen molar-refractivity contribution in [3.63, 3.8) is 0 Å². The fourth-order valence-electron chi connectivity index (χ4n) is 1.01. The van der Waals surface area contributed by atoms with E-state index in [2.05, 4.69) is 37.2 Å². The van der Waals surface area contributed by atoms with Crippen LogP contribution in [0.2, 0.25) is 0 Å². The zero-order chi connectivity index (χ0) is 10.7. The minimum Gasteiger partial charge on any atom is -0.350 e. The van der Waals surface area contributed by atoms with Gasteiger partial charge in [0.1, 0.15) is 0 Å². The third-order valence-corrected chi connectivity index (χ3v) is 2.78. The van der Waals surface area contributed by atoms with E-state index in [1.54, 1.807) is 6.07 Å². The maximum absolute atomic E-state index is 11.7. The fourth-order valence-corrected chi connectivity index (χ4v) is 1.80. The van der Waals surface area contributed by atoms with E-state index in [1.165, 1.54) is 0 Å². The van der Waals surface area contributed by atoms with Gasteiger partial charge in [0.2, 0.25) is 0 Å². The van der Waals surface area contributed by atoms with Crippen molar-refractivity contribution in [2.75, 3.05) is 0 Å². The van der Waals surface area contributed by atoms with Gasteiger partial charge in [-0.3, -0.25) is 4.79 Å². The van der Waals surface area contributed by atoms with Gasteiger partial charge in [-0.2, -0.15) is 0 Å². The Balaban J connectivity index is 2.94. The summed E-state index contributed by atoms with van der Waals surface area (Å²) in [4.78, 5) is 11.7. The summed E-state index contributed by atoms with van der Waals surface area (Å²) in [5.41, 5.74) is 0.646. The number of nitrogens with one attached hydrogen (secondary N) is 1. The number of hydrogen-bond acceptors (Lipinski definition) is 1. The molecule has 76 valence electrons. The Morgan fingerprint density at radius 2 is 2.00 bits per heavy atom. The topological polar surface area (TPSA) is 29.1 Å². The van der Waals surface area contributed by atoms with E-state index in [9.17, 15) is 4.79 Å². The Hall–Kier alpha value is -0.350. The summed E-state index contributed by atoms with van der Waals surface area (Å²) >= 11 is 6.67. The quantitative estimate of drug-likeness (QED) is 0.889. The normalized spacial score (nSPS) is 10.4. The maximum Gasteiger partial charge on any atom is 0.252 e.